The largest absolute Gasteiger partial charge is 0.427 e. The summed E-state index contributed by atoms with van der Waals surface area (Å²) in [7, 11) is 1.20. The minimum atomic E-state index is -4.32. The van der Waals surface area contributed by atoms with Gasteiger partial charge in [0.2, 0.25) is 0 Å². The van der Waals surface area contributed by atoms with Crippen LogP contribution in [0, 0.1) is 0 Å². The van der Waals surface area contributed by atoms with Gasteiger partial charge in [-0.3, -0.25) is 4.79 Å². The highest BCUT2D eigenvalue weighted by Gasteiger charge is 2.32. The van der Waals surface area contributed by atoms with Gasteiger partial charge in [0.1, 0.15) is 5.75 Å². The summed E-state index contributed by atoms with van der Waals surface area (Å²) < 4.78 is 46.6. The summed E-state index contributed by atoms with van der Waals surface area (Å²) in [6.07, 6.45) is -6.52. The van der Waals surface area contributed by atoms with E-state index in [-0.39, 0.29) is 5.75 Å². The number of esters is 1. The van der Waals surface area contributed by atoms with Crippen molar-refractivity contribution in [2.24, 2.45) is 0 Å². The van der Waals surface area contributed by atoms with E-state index in [0.717, 1.165) is 0 Å². The van der Waals surface area contributed by atoms with Gasteiger partial charge in [-0.1, -0.05) is 12.1 Å². The molecule has 18 heavy (non-hydrogen) atoms. The lowest BCUT2D eigenvalue weighted by atomic mass is 10.1. The molecule has 0 saturated heterocycles. The Labute approximate surface area is 103 Å². The summed E-state index contributed by atoms with van der Waals surface area (Å²) >= 11 is 0. The van der Waals surface area contributed by atoms with E-state index in [9.17, 15) is 18.0 Å². The molecule has 1 unspecified atom stereocenters. The van der Waals surface area contributed by atoms with Gasteiger partial charge in [-0.15, -0.1) is 0 Å². The summed E-state index contributed by atoms with van der Waals surface area (Å²) in [6.45, 7) is 1.22. The van der Waals surface area contributed by atoms with Crippen LogP contribution in [0.1, 0.15) is 25.0 Å². The van der Waals surface area contributed by atoms with Crippen LogP contribution < -0.4 is 4.74 Å². The smallest absolute Gasteiger partial charge is 0.391 e. The van der Waals surface area contributed by atoms with Gasteiger partial charge < -0.3 is 9.47 Å². The molecule has 0 aliphatic carbocycles. The van der Waals surface area contributed by atoms with Crippen LogP contribution in [0.25, 0.3) is 0 Å². The van der Waals surface area contributed by atoms with Crippen molar-refractivity contribution in [2.45, 2.75) is 25.6 Å². The second-order valence-corrected chi connectivity index (χ2v) is 3.71. The number of hydrogen-bond donors (Lipinski definition) is 0. The number of carbonyl (C=O) groups is 1. The lowest BCUT2D eigenvalue weighted by Crippen LogP contribution is -2.15. The number of halogens is 3. The van der Waals surface area contributed by atoms with Gasteiger partial charge in [0.25, 0.3) is 0 Å². The maximum Gasteiger partial charge on any atom is 0.391 e. The van der Waals surface area contributed by atoms with E-state index in [0.29, 0.717) is 5.56 Å². The van der Waals surface area contributed by atoms with Crippen LogP contribution in [0.3, 0.4) is 0 Å². The molecule has 0 bridgehead atoms. The molecule has 0 radical (unpaired) electrons. The fourth-order valence-electron chi connectivity index (χ4n) is 1.49. The second-order valence-electron chi connectivity index (χ2n) is 3.71. The fraction of sp³-hybridized carbons (Fsp3) is 0.417. The predicted octanol–water partition coefficient (Wildman–Crippen LogP) is 3.25. The highest BCUT2D eigenvalue weighted by atomic mass is 19.4. The number of ether oxygens (including phenoxy) is 2. The maximum atomic E-state index is 12.3. The van der Waals surface area contributed by atoms with E-state index < -0.39 is 24.7 Å². The van der Waals surface area contributed by atoms with Gasteiger partial charge in [0.05, 0.1) is 12.5 Å². The zero-order chi connectivity index (χ0) is 13.8. The molecule has 0 spiro atoms. The molecule has 0 aliphatic heterocycles. The van der Waals surface area contributed by atoms with Crippen LogP contribution in [-0.2, 0) is 9.53 Å². The number of carbonyl (C=O) groups excluding carboxylic acids is 1. The maximum absolute atomic E-state index is 12.3. The quantitative estimate of drug-likeness (QED) is 0.617. The van der Waals surface area contributed by atoms with E-state index >= 15 is 0 Å². The first-order valence-corrected chi connectivity index (χ1v) is 5.20. The number of benzene rings is 1. The van der Waals surface area contributed by atoms with Gasteiger partial charge in [-0.05, 0) is 17.7 Å². The Kier molecular flexibility index (Phi) is 4.72. The molecule has 1 aromatic carbocycles. The Balaban J connectivity index is 2.89. The normalized spacial score (nSPS) is 13.2. The molecule has 0 N–H and O–H groups in total. The summed E-state index contributed by atoms with van der Waals surface area (Å²) in [4.78, 5) is 10.8. The molecule has 0 aliphatic rings. The van der Waals surface area contributed by atoms with Crippen LogP contribution in [0.5, 0.6) is 5.75 Å². The summed E-state index contributed by atoms with van der Waals surface area (Å²) in [5.41, 5.74) is 0.313. The Bertz CT molecular complexity index is 415. The van der Waals surface area contributed by atoms with Crippen LogP contribution in [0.2, 0.25) is 0 Å². The molecule has 0 aromatic heterocycles. The lowest BCUT2D eigenvalue weighted by Gasteiger charge is -2.18. The van der Waals surface area contributed by atoms with E-state index in [1.165, 1.54) is 38.3 Å². The fourth-order valence-corrected chi connectivity index (χ4v) is 1.49. The average Bonchev–Trinajstić information content (AvgIpc) is 2.24. The summed E-state index contributed by atoms with van der Waals surface area (Å²) in [6, 6.07) is 5.86. The van der Waals surface area contributed by atoms with E-state index in [1.54, 1.807) is 0 Å². The number of hydrogen-bond acceptors (Lipinski definition) is 3. The molecule has 0 fully saturated rings. The average molecular weight is 262 g/mol. The van der Waals surface area contributed by atoms with Crippen LogP contribution in [-0.4, -0.2) is 19.3 Å². The molecule has 0 heterocycles. The van der Waals surface area contributed by atoms with Crippen molar-refractivity contribution in [3.8, 4) is 5.75 Å². The van der Waals surface area contributed by atoms with Gasteiger partial charge >= 0.3 is 12.1 Å². The summed E-state index contributed by atoms with van der Waals surface area (Å²) in [5.74, 6) is -0.332. The SMILES string of the molecule is COC(CC(F)(F)F)c1cccc(OC(C)=O)c1. The first-order valence-electron chi connectivity index (χ1n) is 5.20. The number of methoxy groups -OCH3 is 1. The van der Waals surface area contributed by atoms with E-state index in [4.69, 9.17) is 9.47 Å². The minimum Gasteiger partial charge on any atom is -0.427 e. The predicted molar refractivity (Wildman–Crippen MR) is 58.2 cm³/mol. The first kappa shape index (κ1) is 14.5. The second kappa shape index (κ2) is 5.86. The molecule has 6 heteroatoms. The third kappa shape index (κ3) is 4.75. The topological polar surface area (TPSA) is 35.5 Å². The zero-order valence-electron chi connectivity index (χ0n) is 9.95. The van der Waals surface area contributed by atoms with Crippen molar-refractivity contribution in [2.75, 3.05) is 7.11 Å². The standard InChI is InChI=1S/C12H13F3O3/c1-8(16)18-10-5-3-4-9(6-10)11(17-2)7-12(13,14)15/h3-6,11H,7H2,1-2H3. The Morgan fingerprint density at radius 3 is 2.56 bits per heavy atom. The van der Waals surface area contributed by atoms with Crippen LogP contribution in [0.4, 0.5) is 13.2 Å². The molecular weight excluding hydrogens is 249 g/mol. The number of alkyl halides is 3. The van der Waals surface area contributed by atoms with Gasteiger partial charge in [0, 0.05) is 14.0 Å². The monoisotopic (exact) mass is 262 g/mol. The zero-order valence-corrected chi connectivity index (χ0v) is 9.95. The van der Waals surface area contributed by atoms with Crippen molar-refractivity contribution in [3.05, 3.63) is 29.8 Å². The molecule has 3 nitrogen and oxygen atoms in total. The third-order valence-corrected chi connectivity index (χ3v) is 2.19. The number of rotatable bonds is 4. The highest BCUT2D eigenvalue weighted by molar-refractivity contribution is 5.69. The molecule has 1 rings (SSSR count). The molecule has 1 aromatic rings. The van der Waals surface area contributed by atoms with Gasteiger partial charge in [0.15, 0.2) is 0 Å². The molecule has 100 valence electrons. The first-order chi connectivity index (χ1) is 8.31. The summed E-state index contributed by atoms with van der Waals surface area (Å²) in [5, 5.41) is 0. The molecule has 0 amide bonds. The third-order valence-electron chi connectivity index (χ3n) is 2.19. The molecular formula is C12H13F3O3. The van der Waals surface area contributed by atoms with Crippen LogP contribution >= 0.6 is 0 Å². The molecule has 1 atom stereocenters. The Hall–Kier alpha value is -1.56. The van der Waals surface area contributed by atoms with Crippen molar-refractivity contribution in [1.29, 1.82) is 0 Å². The lowest BCUT2D eigenvalue weighted by molar-refractivity contribution is -0.158. The van der Waals surface area contributed by atoms with Crippen molar-refractivity contribution >= 4 is 5.97 Å². The Morgan fingerprint density at radius 2 is 2.06 bits per heavy atom. The van der Waals surface area contributed by atoms with Crippen molar-refractivity contribution in [1.82, 2.24) is 0 Å². The highest BCUT2D eigenvalue weighted by Crippen LogP contribution is 2.32. The van der Waals surface area contributed by atoms with Crippen molar-refractivity contribution in [3.63, 3.8) is 0 Å². The molecule has 0 saturated carbocycles. The van der Waals surface area contributed by atoms with Gasteiger partial charge in [-0.25, -0.2) is 0 Å². The van der Waals surface area contributed by atoms with Crippen molar-refractivity contribution < 1.29 is 27.4 Å². The van der Waals surface area contributed by atoms with Gasteiger partial charge in [-0.2, -0.15) is 13.2 Å². The minimum absolute atomic E-state index is 0.198. The van der Waals surface area contributed by atoms with E-state index in [1.807, 2.05) is 0 Å². The van der Waals surface area contributed by atoms with Crippen LogP contribution in [0.15, 0.2) is 24.3 Å². The van der Waals surface area contributed by atoms with E-state index in [2.05, 4.69) is 0 Å². The Morgan fingerprint density at radius 1 is 1.39 bits per heavy atom.